The highest BCUT2D eigenvalue weighted by Crippen LogP contribution is 2.35. The fourth-order valence-corrected chi connectivity index (χ4v) is 7.49. The molecular formula is C32H34Cl2N6O4S. The minimum Gasteiger partial charge on any atom is -0.394 e. The topological polar surface area (TPSA) is 121 Å². The predicted molar refractivity (Wildman–Crippen MR) is 176 cm³/mol. The highest BCUT2D eigenvalue weighted by Gasteiger charge is 2.32. The third-order valence-corrected chi connectivity index (χ3v) is 10.5. The largest absolute Gasteiger partial charge is 0.394 e. The van der Waals surface area contributed by atoms with Gasteiger partial charge in [-0.25, -0.2) is 22.7 Å². The highest BCUT2D eigenvalue weighted by atomic mass is 35.5. The maximum absolute atomic E-state index is 13.6. The summed E-state index contributed by atoms with van der Waals surface area (Å²) in [6.45, 7) is 3.71. The van der Waals surface area contributed by atoms with Crippen molar-refractivity contribution in [3.05, 3.63) is 93.4 Å². The van der Waals surface area contributed by atoms with Crippen LogP contribution in [0.4, 0.5) is 11.6 Å². The van der Waals surface area contributed by atoms with Gasteiger partial charge >= 0.3 is 0 Å². The van der Waals surface area contributed by atoms with Gasteiger partial charge in [-0.05, 0) is 72.7 Å². The number of halogens is 2. The molecule has 1 amide bonds. The van der Waals surface area contributed by atoms with Crippen molar-refractivity contribution in [1.29, 1.82) is 0 Å². The number of aliphatic hydroxyl groups excluding tert-OH is 1. The predicted octanol–water partition coefficient (Wildman–Crippen LogP) is 5.63. The van der Waals surface area contributed by atoms with Crippen molar-refractivity contribution in [3.8, 4) is 11.3 Å². The molecule has 2 aliphatic rings. The van der Waals surface area contributed by atoms with Crippen LogP contribution in [0, 0.1) is 6.92 Å². The molecule has 0 spiro atoms. The molecule has 1 fully saturated rings. The van der Waals surface area contributed by atoms with E-state index < -0.39 is 16.1 Å². The van der Waals surface area contributed by atoms with Gasteiger partial charge in [0.2, 0.25) is 16.0 Å². The zero-order chi connectivity index (χ0) is 31.9. The van der Waals surface area contributed by atoms with E-state index in [1.54, 1.807) is 23.2 Å². The number of anilines is 2. The minimum absolute atomic E-state index is 0.176. The number of aryl methyl sites for hydroxylation is 1. The average molecular weight is 670 g/mol. The van der Waals surface area contributed by atoms with Crippen molar-refractivity contribution >= 4 is 50.8 Å². The molecule has 13 heteroatoms. The number of hydrogen-bond acceptors (Lipinski definition) is 7. The van der Waals surface area contributed by atoms with E-state index in [4.69, 9.17) is 28.2 Å². The Morgan fingerprint density at radius 2 is 1.84 bits per heavy atom. The van der Waals surface area contributed by atoms with Gasteiger partial charge in [-0.3, -0.25) is 4.79 Å². The average Bonchev–Trinajstić information content (AvgIpc) is 3.45. The fraction of sp³-hybridized carbons (Fsp3) is 0.344. The Kier molecular flexibility index (Phi) is 8.91. The summed E-state index contributed by atoms with van der Waals surface area (Å²) in [5.74, 6) is 0.421. The fourth-order valence-electron chi connectivity index (χ4n) is 6.19. The summed E-state index contributed by atoms with van der Waals surface area (Å²) in [4.78, 5) is 24.6. The number of hydrogen-bond donors (Lipinski definition) is 2. The number of sulfonamides is 1. The van der Waals surface area contributed by atoms with Crippen molar-refractivity contribution in [2.45, 2.75) is 38.3 Å². The lowest BCUT2D eigenvalue weighted by molar-refractivity contribution is 0.0526. The molecule has 2 aromatic heterocycles. The summed E-state index contributed by atoms with van der Waals surface area (Å²) in [5.41, 5.74) is 5.35. The molecule has 1 saturated heterocycles. The van der Waals surface area contributed by atoms with Crippen LogP contribution in [0.5, 0.6) is 0 Å². The number of carbonyl (C=O) groups excluding carboxylic acids is 1. The Morgan fingerprint density at radius 3 is 2.53 bits per heavy atom. The molecule has 4 heterocycles. The van der Waals surface area contributed by atoms with E-state index in [2.05, 4.69) is 10.3 Å². The molecule has 1 atom stereocenters. The Hall–Kier alpha value is -3.48. The lowest BCUT2D eigenvalue weighted by atomic mass is 9.90. The molecule has 4 aromatic rings. The second-order valence-electron chi connectivity index (χ2n) is 11.6. The van der Waals surface area contributed by atoms with Crippen LogP contribution in [-0.4, -0.2) is 75.7 Å². The zero-order valence-corrected chi connectivity index (χ0v) is 27.3. The normalized spacial score (nSPS) is 16.9. The first-order valence-corrected chi connectivity index (χ1v) is 17.4. The lowest BCUT2D eigenvalue weighted by Crippen LogP contribution is -2.43. The third-order valence-electron chi connectivity index (χ3n) is 8.62. The Labute approximate surface area is 272 Å². The smallest absolute Gasteiger partial charge is 0.271 e. The van der Waals surface area contributed by atoms with Crippen LogP contribution in [0.2, 0.25) is 10.0 Å². The van der Waals surface area contributed by atoms with Gasteiger partial charge in [0.1, 0.15) is 5.69 Å². The van der Waals surface area contributed by atoms with Gasteiger partial charge in [-0.2, -0.15) is 0 Å². The lowest BCUT2D eigenvalue weighted by Gasteiger charge is -2.34. The molecule has 6 rings (SSSR count). The number of aromatic nitrogens is 3. The van der Waals surface area contributed by atoms with E-state index in [-0.39, 0.29) is 18.4 Å². The summed E-state index contributed by atoms with van der Waals surface area (Å²) >= 11 is 12.9. The number of nitrogens with one attached hydrogen (secondary N) is 1. The molecule has 0 saturated carbocycles. The molecule has 2 aromatic carbocycles. The SMILES string of the molecule is Cc1cnc(Nc2ccc(C3CCN(S(C)(=O)=O)CC3)cc2Cl)nc1-c1cc2n(c1)CCN(C(CO)c1cccc(Cl)c1)C2=O. The van der Waals surface area contributed by atoms with Crippen molar-refractivity contribution < 1.29 is 18.3 Å². The number of benzene rings is 2. The van der Waals surface area contributed by atoms with Gasteiger partial charge in [-0.1, -0.05) is 41.4 Å². The molecule has 0 aliphatic carbocycles. The Morgan fingerprint density at radius 1 is 1.07 bits per heavy atom. The van der Waals surface area contributed by atoms with Gasteiger partial charge in [0.15, 0.2) is 0 Å². The van der Waals surface area contributed by atoms with Crippen molar-refractivity contribution in [1.82, 2.24) is 23.7 Å². The number of piperidine rings is 1. The number of fused-ring (bicyclic) bond motifs is 1. The first kappa shape index (κ1) is 31.5. The molecule has 0 radical (unpaired) electrons. The van der Waals surface area contributed by atoms with Crippen LogP contribution in [0.3, 0.4) is 0 Å². The van der Waals surface area contributed by atoms with Crippen LogP contribution in [0.25, 0.3) is 11.3 Å². The van der Waals surface area contributed by atoms with Crippen LogP contribution < -0.4 is 5.32 Å². The molecule has 1 unspecified atom stereocenters. The Bertz CT molecular complexity index is 1860. The van der Waals surface area contributed by atoms with Crippen LogP contribution in [0.15, 0.2) is 60.9 Å². The number of rotatable bonds is 8. The number of aliphatic hydroxyl groups is 1. The number of amides is 1. The quantitative estimate of drug-likeness (QED) is 0.250. The summed E-state index contributed by atoms with van der Waals surface area (Å²) in [7, 11) is -3.18. The van der Waals surface area contributed by atoms with Crippen LogP contribution in [0.1, 0.15) is 52.0 Å². The summed E-state index contributed by atoms with van der Waals surface area (Å²) in [6, 6.07) is 14.4. The zero-order valence-electron chi connectivity index (χ0n) is 25.0. The van der Waals surface area contributed by atoms with E-state index in [9.17, 15) is 18.3 Å². The molecule has 0 bridgehead atoms. The van der Waals surface area contributed by atoms with Gasteiger partial charge in [0, 0.05) is 49.2 Å². The molecule has 236 valence electrons. The van der Waals surface area contributed by atoms with Crippen molar-refractivity contribution in [2.24, 2.45) is 0 Å². The third kappa shape index (κ3) is 6.59. The van der Waals surface area contributed by atoms with E-state index in [0.29, 0.717) is 59.2 Å². The molecule has 10 nitrogen and oxygen atoms in total. The standard InChI is InChI=1S/C32H34Cl2N6O4S/c1-20-17-35-32(36-27-7-6-22(15-26(27)34)21-8-10-39(11-9-21)45(2,43)44)37-30(20)24-16-28-31(42)40(13-12-38(28)18-24)29(19-41)23-4-3-5-25(33)14-23/h3-7,14-18,21,29,41H,8-13,19H2,1-2H3,(H,35,36,37). The number of carbonyl (C=O) groups is 1. The summed E-state index contributed by atoms with van der Waals surface area (Å²) in [6.07, 6.45) is 6.38. The van der Waals surface area contributed by atoms with E-state index in [0.717, 1.165) is 35.1 Å². The molecule has 2 N–H and O–H groups in total. The van der Waals surface area contributed by atoms with Crippen molar-refractivity contribution in [2.75, 3.05) is 37.8 Å². The first-order chi connectivity index (χ1) is 21.5. The summed E-state index contributed by atoms with van der Waals surface area (Å²) < 4.78 is 27.2. The monoisotopic (exact) mass is 668 g/mol. The van der Waals surface area contributed by atoms with Crippen LogP contribution in [-0.2, 0) is 16.6 Å². The first-order valence-electron chi connectivity index (χ1n) is 14.7. The van der Waals surface area contributed by atoms with Gasteiger partial charge in [-0.15, -0.1) is 0 Å². The van der Waals surface area contributed by atoms with Gasteiger partial charge in [0.25, 0.3) is 5.91 Å². The van der Waals surface area contributed by atoms with Gasteiger partial charge < -0.3 is 19.9 Å². The van der Waals surface area contributed by atoms with E-state index in [1.807, 2.05) is 54.1 Å². The Balaban J connectivity index is 1.19. The minimum atomic E-state index is -3.18. The molecular weight excluding hydrogens is 635 g/mol. The second-order valence-corrected chi connectivity index (χ2v) is 14.4. The second kappa shape index (κ2) is 12.7. The van der Waals surface area contributed by atoms with E-state index >= 15 is 0 Å². The van der Waals surface area contributed by atoms with E-state index in [1.165, 1.54) is 10.6 Å². The summed E-state index contributed by atoms with van der Waals surface area (Å²) in [5, 5.41) is 14.5. The van der Waals surface area contributed by atoms with Gasteiger partial charge in [0.05, 0.1) is 35.3 Å². The van der Waals surface area contributed by atoms with Crippen LogP contribution >= 0.6 is 23.2 Å². The molecule has 2 aliphatic heterocycles. The maximum Gasteiger partial charge on any atom is 0.271 e. The highest BCUT2D eigenvalue weighted by molar-refractivity contribution is 7.88. The maximum atomic E-state index is 13.6. The number of nitrogens with zero attached hydrogens (tertiary/aromatic N) is 5. The molecule has 45 heavy (non-hydrogen) atoms. The van der Waals surface area contributed by atoms with Crippen molar-refractivity contribution in [3.63, 3.8) is 0 Å².